The van der Waals surface area contributed by atoms with Crippen LogP contribution in [0, 0.1) is 0 Å². The van der Waals surface area contributed by atoms with E-state index in [0.717, 1.165) is 32.1 Å². The fourth-order valence-corrected chi connectivity index (χ4v) is 2.50. The van der Waals surface area contributed by atoms with Crippen LogP contribution in [0.3, 0.4) is 0 Å². The first-order valence-electron chi connectivity index (χ1n) is 7.10. The van der Waals surface area contributed by atoms with E-state index in [9.17, 15) is 13.2 Å². The zero-order chi connectivity index (χ0) is 14.6. The molecule has 0 unspecified atom stereocenters. The Hall–Kier alpha value is -1.86. The third-order valence-electron chi connectivity index (χ3n) is 4.06. The largest absolute Gasteiger partial charge is 0.451 e. The Kier molecular flexibility index (Phi) is 2.64. The van der Waals surface area contributed by atoms with Gasteiger partial charge >= 0.3 is 6.18 Å². The molecule has 0 aliphatic heterocycles. The van der Waals surface area contributed by atoms with Gasteiger partial charge < -0.3 is 9.88 Å². The van der Waals surface area contributed by atoms with Gasteiger partial charge in [0.2, 0.25) is 5.82 Å². The lowest BCUT2D eigenvalue weighted by Crippen LogP contribution is -2.19. The van der Waals surface area contributed by atoms with Crippen molar-refractivity contribution in [2.24, 2.45) is 0 Å². The summed E-state index contributed by atoms with van der Waals surface area (Å²) in [6.45, 7) is 0. The van der Waals surface area contributed by atoms with Crippen LogP contribution in [0.1, 0.15) is 44.0 Å². The van der Waals surface area contributed by atoms with Crippen molar-refractivity contribution < 1.29 is 13.2 Å². The van der Waals surface area contributed by atoms with Crippen LogP contribution in [0.4, 0.5) is 19.0 Å². The molecular formula is C13H14F3N5. The first-order chi connectivity index (χ1) is 10.0. The van der Waals surface area contributed by atoms with Crippen molar-refractivity contribution in [1.82, 2.24) is 19.5 Å². The number of aromatic nitrogens is 4. The highest BCUT2D eigenvalue weighted by Crippen LogP contribution is 2.37. The van der Waals surface area contributed by atoms with E-state index in [1.807, 2.05) is 0 Å². The Labute approximate surface area is 118 Å². The molecule has 2 aromatic rings. The van der Waals surface area contributed by atoms with Gasteiger partial charge in [0.25, 0.3) is 0 Å². The van der Waals surface area contributed by atoms with Crippen LogP contribution >= 0.6 is 0 Å². The van der Waals surface area contributed by atoms with E-state index in [1.165, 1.54) is 0 Å². The Morgan fingerprint density at radius 1 is 1.14 bits per heavy atom. The van der Waals surface area contributed by atoms with Crippen LogP contribution in [-0.2, 0) is 6.18 Å². The molecule has 0 atom stereocenters. The van der Waals surface area contributed by atoms with Crippen LogP contribution in [0.2, 0.25) is 0 Å². The number of hydrogen-bond donors (Lipinski definition) is 1. The second-order valence-corrected chi connectivity index (χ2v) is 5.72. The Morgan fingerprint density at radius 2 is 1.90 bits per heavy atom. The number of hydrogen-bond acceptors (Lipinski definition) is 4. The van der Waals surface area contributed by atoms with Gasteiger partial charge in [0.15, 0.2) is 11.5 Å². The average molecular weight is 297 g/mol. The number of imidazole rings is 1. The van der Waals surface area contributed by atoms with Gasteiger partial charge in [-0.15, -0.1) is 0 Å². The molecule has 5 nitrogen and oxygen atoms in total. The minimum atomic E-state index is -4.55. The fourth-order valence-electron chi connectivity index (χ4n) is 2.50. The van der Waals surface area contributed by atoms with Gasteiger partial charge in [-0.3, -0.25) is 0 Å². The van der Waals surface area contributed by atoms with Gasteiger partial charge in [0.05, 0.1) is 6.33 Å². The summed E-state index contributed by atoms with van der Waals surface area (Å²) in [5.41, 5.74) is 0.715. The standard InChI is InChI=1S/C13H14F3N5/c14-13(15,16)12-19-10(18-7-4-5-7)9-11(20-12)21(6-17-9)8-2-1-3-8/h6-8H,1-5H2,(H,18,19,20). The molecular weight excluding hydrogens is 283 g/mol. The van der Waals surface area contributed by atoms with Crippen LogP contribution in [0.5, 0.6) is 0 Å². The maximum Gasteiger partial charge on any atom is 0.451 e. The molecule has 2 aromatic heterocycles. The highest BCUT2D eigenvalue weighted by atomic mass is 19.4. The van der Waals surface area contributed by atoms with Crippen molar-refractivity contribution in [2.45, 2.75) is 50.4 Å². The molecule has 8 heteroatoms. The summed E-state index contributed by atoms with van der Waals surface area (Å²) in [4.78, 5) is 11.6. The Bertz CT molecular complexity index is 685. The molecule has 0 saturated heterocycles. The number of anilines is 1. The van der Waals surface area contributed by atoms with Crippen molar-refractivity contribution >= 4 is 17.0 Å². The molecule has 21 heavy (non-hydrogen) atoms. The number of nitrogens with zero attached hydrogens (tertiary/aromatic N) is 4. The fraction of sp³-hybridized carbons (Fsp3) is 0.615. The number of halogens is 3. The predicted molar refractivity (Wildman–Crippen MR) is 69.9 cm³/mol. The first kappa shape index (κ1) is 12.8. The number of nitrogens with one attached hydrogen (secondary N) is 1. The van der Waals surface area contributed by atoms with E-state index < -0.39 is 12.0 Å². The van der Waals surface area contributed by atoms with E-state index in [0.29, 0.717) is 5.52 Å². The number of alkyl halides is 3. The zero-order valence-electron chi connectivity index (χ0n) is 11.2. The van der Waals surface area contributed by atoms with Crippen LogP contribution < -0.4 is 5.32 Å². The van der Waals surface area contributed by atoms with E-state index >= 15 is 0 Å². The van der Waals surface area contributed by atoms with E-state index in [2.05, 4.69) is 20.3 Å². The van der Waals surface area contributed by atoms with Gasteiger partial charge in [-0.25, -0.2) is 15.0 Å². The lowest BCUT2D eigenvalue weighted by atomic mass is 9.93. The lowest BCUT2D eigenvalue weighted by Gasteiger charge is -2.26. The maximum atomic E-state index is 13.0. The van der Waals surface area contributed by atoms with Crippen LogP contribution in [-0.4, -0.2) is 25.6 Å². The average Bonchev–Trinajstić information content (AvgIpc) is 3.06. The second kappa shape index (κ2) is 4.32. The smallest absolute Gasteiger partial charge is 0.365 e. The van der Waals surface area contributed by atoms with E-state index in [-0.39, 0.29) is 23.5 Å². The third kappa shape index (κ3) is 2.22. The van der Waals surface area contributed by atoms with Crippen molar-refractivity contribution in [2.75, 3.05) is 5.32 Å². The quantitative estimate of drug-likeness (QED) is 0.945. The molecule has 0 radical (unpaired) electrons. The van der Waals surface area contributed by atoms with Crippen LogP contribution in [0.15, 0.2) is 6.33 Å². The minimum absolute atomic E-state index is 0.202. The normalized spacial score (nSPS) is 19.8. The monoisotopic (exact) mass is 297 g/mol. The molecule has 2 heterocycles. The summed E-state index contributed by atoms with van der Waals surface area (Å²) in [6.07, 6.45) is 1.95. The minimum Gasteiger partial charge on any atom is -0.365 e. The maximum absolute atomic E-state index is 13.0. The van der Waals surface area contributed by atoms with Crippen LogP contribution in [0.25, 0.3) is 11.2 Å². The van der Waals surface area contributed by atoms with Gasteiger partial charge in [-0.05, 0) is 32.1 Å². The van der Waals surface area contributed by atoms with Gasteiger partial charge in [-0.1, -0.05) is 0 Å². The molecule has 2 fully saturated rings. The van der Waals surface area contributed by atoms with Crippen molar-refractivity contribution in [1.29, 1.82) is 0 Å². The molecule has 2 aliphatic carbocycles. The summed E-state index contributed by atoms with van der Waals surface area (Å²) in [7, 11) is 0. The lowest BCUT2D eigenvalue weighted by molar-refractivity contribution is -0.144. The zero-order valence-corrected chi connectivity index (χ0v) is 11.2. The Balaban J connectivity index is 1.86. The summed E-state index contributed by atoms with van der Waals surface area (Å²) in [5.74, 6) is -0.896. The molecule has 0 spiro atoms. The van der Waals surface area contributed by atoms with Crippen molar-refractivity contribution in [3.8, 4) is 0 Å². The summed E-state index contributed by atoms with van der Waals surface area (Å²) in [6, 6.07) is 0.415. The van der Waals surface area contributed by atoms with Gasteiger partial charge in [0.1, 0.15) is 5.52 Å². The molecule has 4 rings (SSSR count). The van der Waals surface area contributed by atoms with Crippen molar-refractivity contribution in [3.63, 3.8) is 0 Å². The topological polar surface area (TPSA) is 55.6 Å². The summed E-state index contributed by atoms with van der Waals surface area (Å²) in [5, 5.41) is 3.03. The van der Waals surface area contributed by atoms with Gasteiger partial charge in [0, 0.05) is 12.1 Å². The van der Waals surface area contributed by atoms with Crippen molar-refractivity contribution in [3.05, 3.63) is 12.2 Å². The molecule has 112 valence electrons. The third-order valence-corrected chi connectivity index (χ3v) is 4.06. The Morgan fingerprint density at radius 3 is 2.48 bits per heavy atom. The molecule has 0 aromatic carbocycles. The van der Waals surface area contributed by atoms with E-state index in [4.69, 9.17) is 0 Å². The highest BCUT2D eigenvalue weighted by molar-refractivity contribution is 5.83. The molecule has 0 bridgehead atoms. The molecule has 2 saturated carbocycles. The van der Waals surface area contributed by atoms with E-state index in [1.54, 1.807) is 10.9 Å². The molecule has 1 N–H and O–H groups in total. The first-order valence-corrected chi connectivity index (χ1v) is 7.10. The highest BCUT2D eigenvalue weighted by Gasteiger charge is 2.37. The predicted octanol–water partition coefficient (Wildman–Crippen LogP) is 3.14. The number of fused-ring (bicyclic) bond motifs is 1. The molecule has 2 aliphatic rings. The second-order valence-electron chi connectivity index (χ2n) is 5.72. The summed E-state index contributed by atoms with van der Waals surface area (Å²) < 4.78 is 40.8. The number of rotatable bonds is 3. The SMILES string of the molecule is FC(F)(F)c1nc(NC2CC2)c2ncn(C3CCC3)c2n1. The molecule has 0 amide bonds. The summed E-state index contributed by atoms with van der Waals surface area (Å²) >= 11 is 0. The van der Waals surface area contributed by atoms with Gasteiger partial charge in [-0.2, -0.15) is 13.2 Å².